The molecule has 3 nitrogen and oxygen atoms in total. The van der Waals surface area contributed by atoms with Gasteiger partial charge in [0.1, 0.15) is 5.75 Å². The Bertz CT molecular complexity index is 573. The quantitative estimate of drug-likeness (QED) is 0.855. The van der Waals surface area contributed by atoms with Crippen molar-refractivity contribution in [2.75, 3.05) is 26.9 Å². The Morgan fingerprint density at radius 1 is 1.10 bits per heavy atom. The van der Waals surface area contributed by atoms with E-state index in [1.165, 1.54) is 16.3 Å². The average molecular weight is 272 g/mol. The van der Waals surface area contributed by atoms with Crippen LogP contribution in [0.25, 0.3) is 10.8 Å². The van der Waals surface area contributed by atoms with Crippen molar-refractivity contribution in [1.82, 2.24) is 0 Å². The Balaban J connectivity index is 1.69. The maximum Gasteiger partial charge on any atom is 0.119 e. The first-order chi connectivity index (χ1) is 9.85. The SMILES string of the molecule is COc1ccc2cc(CCC3COCCO3)ccc2c1. The third-order valence-electron chi connectivity index (χ3n) is 3.75. The molecule has 20 heavy (non-hydrogen) atoms. The standard InChI is InChI=1S/C17H20O3/c1-18-16-7-5-14-10-13(2-4-15(14)11-16)3-6-17-12-19-8-9-20-17/h2,4-5,7,10-11,17H,3,6,8-9,12H2,1H3. The van der Waals surface area contributed by atoms with Gasteiger partial charge >= 0.3 is 0 Å². The molecular weight excluding hydrogens is 252 g/mol. The average Bonchev–Trinajstić information content (AvgIpc) is 2.53. The van der Waals surface area contributed by atoms with Gasteiger partial charge in [-0.05, 0) is 41.3 Å². The van der Waals surface area contributed by atoms with Gasteiger partial charge in [0.05, 0.1) is 33.0 Å². The number of fused-ring (bicyclic) bond motifs is 1. The summed E-state index contributed by atoms with van der Waals surface area (Å²) >= 11 is 0. The van der Waals surface area contributed by atoms with Gasteiger partial charge in [-0.15, -0.1) is 0 Å². The monoisotopic (exact) mass is 272 g/mol. The minimum absolute atomic E-state index is 0.246. The van der Waals surface area contributed by atoms with Crippen LogP contribution < -0.4 is 4.74 Å². The Hall–Kier alpha value is -1.58. The molecule has 0 N–H and O–H groups in total. The molecule has 3 rings (SSSR count). The smallest absolute Gasteiger partial charge is 0.119 e. The molecule has 1 unspecified atom stereocenters. The molecule has 0 amide bonds. The number of benzene rings is 2. The maximum atomic E-state index is 5.68. The van der Waals surface area contributed by atoms with Gasteiger partial charge in [0.25, 0.3) is 0 Å². The molecule has 0 aliphatic carbocycles. The van der Waals surface area contributed by atoms with Crippen molar-refractivity contribution < 1.29 is 14.2 Å². The molecule has 0 bridgehead atoms. The summed E-state index contributed by atoms with van der Waals surface area (Å²) in [4.78, 5) is 0. The second-order valence-electron chi connectivity index (χ2n) is 5.15. The van der Waals surface area contributed by atoms with Crippen LogP contribution in [0.4, 0.5) is 0 Å². The Labute approximate surface area is 119 Å². The first kappa shape index (κ1) is 13.4. The zero-order valence-corrected chi connectivity index (χ0v) is 11.8. The lowest BCUT2D eigenvalue weighted by atomic mass is 10.0. The van der Waals surface area contributed by atoms with Crippen LogP contribution in [0.15, 0.2) is 36.4 Å². The molecule has 0 saturated carbocycles. The lowest BCUT2D eigenvalue weighted by Crippen LogP contribution is -2.28. The largest absolute Gasteiger partial charge is 0.497 e. The van der Waals surface area contributed by atoms with Crippen molar-refractivity contribution in [2.24, 2.45) is 0 Å². The normalized spacial score (nSPS) is 19.1. The van der Waals surface area contributed by atoms with E-state index in [0.717, 1.165) is 38.4 Å². The third kappa shape index (κ3) is 3.11. The number of hydrogen-bond acceptors (Lipinski definition) is 3. The molecule has 0 aromatic heterocycles. The zero-order chi connectivity index (χ0) is 13.8. The van der Waals surface area contributed by atoms with Crippen molar-refractivity contribution >= 4 is 10.8 Å². The van der Waals surface area contributed by atoms with E-state index >= 15 is 0 Å². The van der Waals surface area contributed by atoms with E-state index in [9.17, 15) is 0 Å². The molecular formula is C17H20O3. The fourth-order valence-corrected chi connectivity index (χ4v) is 2.59. The highest BCUT2D eigenvalue weighted by Gasteiger charge is 2.13. The lowest BCUT2D eigenvalue weighted by Gasteiger charge is -2.22. The summed E-state index contributed by atoms with van der Waals surface area (Å²) in [6, 6.07) is 12.8. The molecule has 1 fully saturated rings. The summed E-state index contributed by atoms with van der Waals surface area (Å²) in [5.74, 6) is 0.901. The second kappa shape index (κ2) is 6.25. The van der Waals surface area contributed by atoms with Gasteiger partial charge in [-0.2, -0.15) is 0 Å². The van der Waals surface area contributed by atoms with Crippen LogP contribution in [0.1, 0.15) is 12.0 Å². The molecule has 0 spiro atoms. The highest BCUT2D eigenvalue weighted by atomic mass is 16.6. The molecule has 106 valence electrons. The first-order valence-electron chi connectivity index (χ1n) is 7.11. The minimum Gasteiger partial charge on any atom is -0.497 e. The van der Waals surface area contributed by atoms with Crippen LogP contribution >= 0.6 is 0 Å². The van der Waals surface area contributed by atoms with E-state index in [4.69, 9.17) is 14.2 Å². The Kier molecular flexibility index (Phi) is 4.19. The molecule has 1 aliphatic heterocycles. The van der Waals surface area contributed by atoms with Gasteiger partial charge < -0.3 is 14.2 Å². The van der Waals surface area contributed by atoms with Crippen molar-refractivity contribution in [3.05, 3.63) is 42.0 Å². The van der Waals surface area contributed by atoms with Crippen LogP contribution in [0, 0.1) is 0 Å². The number of aryl methyl sites for hydroxylation is 1. The van der Waals surface area contributed by atoms with E-state index in [1.807, 2.05) is 6.07 Å². The van der Waals surface area contributed by atoms with Crippen LogP contribution in [0.3, 0.4) is 0 Å². The van der Waals surface area contributed by atoms with Crippen molar-refractivity contribution in [3.8, 4) is 5.75 Å². The van der Waals surface area contributed by atoms with Gasteiger partial charge in [-0.3, -0.25) is 0 Å². The molecule has 1 atom stereocenters. The summed E-state index contributed by atoms with van der Waals surface area (Å²) in [6.07, 6.45) is 2.29. The van der Waals surface area contributed by atoms with E-state index in [2.05, 4.69) is 30.3 Å². The molecule has 1 aliphatic rings. The predicted molar refractivity (Wildman–Crippen MR) is 79.4 cm³/mol. The fourth-order valence-electron chi connectivity index (χ4n) is 2.59. The second-order valence-corrected chi connectivity index (χ2v) is 5.15. The maximum absolute atomic E-state index is 5.68. The van der Waals surface area contributed by atoms with Crippen molar-refractivity contribution in [2.45, 2.75) is 18.9 Å². The Morgan fingerprint density at radius 2 is 1.95 bits per heavy atom. The summed E-state index contributed by atoms with van der Waals surface area (Å²) < 4.78 is 16.4. The number of rotatable bonds is 4. The molecule has 1 heterocycles. The van der Waals surface area contributed by atoms with E-state index in [1.54, 1.807) is 7.11 Å². The lowest BCUT2D eigenvalue weighted by molar-refractivity contribution is -0.0903. The van der Waals surface area contributed by atoms with Crippen LogP contribution in [0.5, 0.6) is 5.75 Å². The van der Waals surface area contributed by atoms with Crippen molar-refractivity contribution in [3.63, 3.8) is 0 Å². The number of ether oxygens (including phenoxy) is 3. The predicted octanol–water partition coefficient (Wildman–Crippen LogP) is 3.20. The number of hydrogen-bond donors (Lipinski definition) is 0. The third-order valence-corrected chi connectivity index (χ3v) is 3.75. The molecule has 1 saturated heterocycles. The van der Waals surface area contributed by atoms with E-state index in [-0.39, 0.29) is 6.10 Å². The molecule has 2 aromatic rings. The highest BCUT2D eigenvalue weighted by molar-refractivity contribution is 5.84. The molecule has 0 radical (unpaired) electrons. The van der Waals surface area contributed by atoms with Crippen LogP contribution in [-0.4, -0.2) is 33.0 Å². The van der Waals surface area contributed by atoms with Gasteiger partial charge in [0, 0.05) is 0 Å². The fraction of sp³-hybridized carbons (Fsp3) is 0.412. The zero-order valence-electron chi connectivity index (χ0n) is 11.8. The van der Waals surface area contributed by atoms with E-state index in [0.29, 0.717) is 0 Å². The van der Waals surface area contributed by atoms with Gasteiger partial charge in [-0.1, -0.05) is 24.3 Å². The van der Waals surface area contributed by atoms with E-state index < -0.39 is 0 Å². The summed E-state index contributed by atoms with van der Waals surface area (Å²) in [7, 11) is 1.70. The highest BCUT2D eigenvalue weighted by Crippen LogP contribution is 2.22. The van der Waals surface area contributed by atoms with Gasteiger partial charge in [0.2, 0.25) is 0 Å². The summed E-state index contributed by atoms with van der Waals surface area (Å²) in [5.41, 5.74) is 1.34. The number of methoxy groups -OCH3 is 1. The Morgan fingerprint density at radius 3 is 2.75 bits per heavy atom. The van der Waals surface area contributed by atoms with Crippen LogP contribution in [-0.2, 0) is 15.9 Å². The topological polar surface area (TPSA) is 27.7 Å². The molecule has 2 aromatic carbocycles. The minimum atomic E-state index is 0.246. The van der Waals surface area contributed by atoms with Gasteiger partial charge in [0.15, 0.2) is 0 Å². The summed E-state index contributed by atoms with van der Waals surface area (Å²) in [6.45, 7) is 2.18. The van der Waals surface area contributed by atoms with Crippen LogP contribution in [0.2, 0.25) is 0 Å². The molecule has 3 heteroatoms. The van der Waals surface area contributed by atoms with Crippen molar-refractivity contribution in [1.29, 1.82) is 0 Å². The van der Waals surface area contributed by atoms with Gasteiger partial charge in [-0.25, -0.2) is 0 Å². The summed E-state index contributed by atoms with van der Waals surface area (Å²) in [5, 5.41) is 2.47. The first-order valence-corrected chi connectivity index (χ1v) is 7.11.